The summed E-state index contributed by atoms with van der Waals surface area (Å²) in [7, 11) is 3.44. The molecule has 0 saturated carbocycles. The Morgan fingerprint density at radius 1 is 1.38 bits per heavy atom. The maximum atomic E-state index is 12.3. The van der Waals surface area contributed by atoms with E-state index in [0.717, 1.165) is 5.69 Å². The highest BCUT2D eigenvalue weighted by molar-refractivity contribution is 7.91. The van der Waals surface area contributed by atoms with E-state index in [0.29, 0.717) is 24.4 Å². The molecular weight excluding hydrogens is 288 g/mol. The zero-order valence-corrected chi connectivity index (χ0v) is 14.4. The topological polar surface area (TPSA) is 73.7 Å². The average Bonchev–Trinajstić information content (AvgIpc) is 2.42. The van der Waals surface area contributed by atoms with Gasteiger partial charge < -0.3 is 9.39 Å². The van der Waals surface area contributed by atoms with Gasteiger partial charge in [-0.1, -0.05) is 4.40 Å². The van der Waals surface area contributed by atoms with Crippen LogP contribution in [0, 0.1) is 6.92 Å². The predicted molar refractivity (Wildman–Crippen MR) is 85.5 cm³/mol. The summed E-state index contributed by atoms with van der Waals surface area (Å²) in [5, 5.41) is 1.69. The van der Waals surface area contributed by atoms with E-state index in [2.05, 4.69) is 14.4 Å². The van der Waals surface area contributed by atoms with Crippen molar-refractivity contribution in [3.05, 3.63) is 23.8 Å². The monoisotopic (exact) mass is 312 g/mol. The molecule has 6 nitrogen and oxygen atoms in total. The lowest BCUT2D eigenvalue weighted by Gasteiger charge is -2.20. The first-order valence-electron chi connectivity index (χ1n) is 6.78. The van der Waals surface area contributed by atoms with Crippen molar-refractivity contribution in [3.63, 3.8) is 0 Å². The minimum atomic E-state index is -1.33. The molecule has 0 saturated heterocycles. The van der Waals surface area contributed by atoms with E-state index in [-0.39, 0.29) is 0 Å². The first-order chi connectivity index (χ1) is 9.74. The van der Waals surface area contributed by atoms with Crippen LogP contribution in [0.2, 0.25) is 0 Å². The summed E-state index contributed by atoms with van der Waals surface area (Å²) in [6, 6.07) is 0. The molecule has 1 aromatic rings. The molecule has 0 N–H and O–H groups in total. The standard InChI is InChI=1S/C14H24N4O2S/c1-11-9-16-13(10-15-11)12(7-8-18(5)20-6)17-21(19)14(2,3)4/h9-10H,7-8H2,1-6H3. The summed E-state index contributed by atoms with van der Waals surface area (Å²) in [5.41, 5.74) is 2.17. The van der Waals surface area contributed by atoms with Crippen molar-refractivity contribution in [2.24, 2.45) is 4.40 Å². The third-order valence-corrected chi connectivity index (χ3v) is 4.20. The van der Waals surface area contributed by atoms with Crippen molar-refractivity contribution in [3.8, 4) is 0 Å². The van der Waals surface area contributed by atoms with Gasteiger partial charge in [-0.2, -0.15) is 5.06 Å². The van der Waals surface area contributed by atoms with Gasteiger partial charge >= 0.3 is 0 Å². The minimum absolute atomic E-state index is 0.406. The van der Waals surface area contributed by atoms with Crippen LogP contribution in [0.25, 0.3) is 0 Å². The summed E-state index contributed by atoms with van der Waals surface area (Å²) in [6.07, 6.45) is 3.94. The summed E-state index contributed by atoms with van der Waals surface area (Å²) < 4.78 is 16.2. The molecule has 7 heteroatoms. The molecule has 0 aliphatic carbocycles. The molecule has 0 aliphatic heterocycles. The molecule has 1 unspecified atom stereocenters. The fourth-order valence-electron chi connectivity index (χ4n) is 1.35. The number of aromatic nitrogens is 2. The molecule has 1 heterocycles. The van der Waals surface area contributed by atoms with Gasteiger partial charge in [-0.05, 0) is 27.7 Å². The summed E-state index contributed by atoms with van der Waals surface area (Å²) >= 11 is -1.33. The van der Waals surface area contributed by atoms with Gasteiger partial charge in [-0.15, -0.1) is 0 Å². The number of rotatable bonds is 6. The lowest BCUT2D eigenvalue weighted by Crippen LogP contribution is -2.28. The van der Waals surface area contributed by atoms with E-state index in [1.165, 1.54) is 0 Å². The molecule has 0 aromatic carbocycles. The average molecular weight is 312 g/mol. The van der Waals surface area contributed by atoms with Gasteiger partial charge in [0.25, 0.3) is 0 Å². The van der Waals surface area contributed by atoms with E-state index in [4.69, 9.17) is 4.84 Å². The van der Waals surface area contributed by atoms with E-state index in [1.54, 1.807) is 24.6 Å². The van der Waals surface area contributed by atoms with Crippen LogP contribution in [0.3, 0.4) is 0 Å². The maximum Gasteiger partial charge on any atom is 0.144 e. The van der Waals surface area contributed by atoms with Gasteiger partial charge in [0.15, 0.2) is 0 Å². The lowest BCUT2D eigenvalue weighted by molar-refractivity contribution is -0.106. The number of aryl methyl sites for hydroxylation is 1. The maximum absolute atomic E-state index is 12.3. The van der Waals surface area contributed by atoms with Crippen molar-refractivity contribution in [2.45, 2.75) is 38.9 Å². The Bertz CT molecular complexity index is 471. The van der Waals surface area contributed by atoms with Gasteiger partial charge in [0.1, 0.15) is 27.5 Å². The van der Waals surface area contributed by atoms with Crippen molar-refractivity contribution in [1.29, 1.82) is 0 Å². The van der Waals surface area contributed by atoms with Gasteiger partial charge in [0, 0.05) is 26.2 Å². The van der Waals surface area contributed by atoms with Crippen molar-refractivity contribution < 1.29 is 9.39 Å². The first kappa shape index (κ1) is 18.0. The molecule has 118 valence electrons. The van der Waals surface area contributed by atoms with Crippen molar-refractivity contribution in [2.75, 3.05) is 20.7 Å². The van der Waals surface area contributed by atoms with Crippen LogP contribution in [0.5, 0.6) is 0 Å². The molecule has 0 aliphatic rings. The Morgan fingerprint density at radius 3 is 2.52 bits per heavy atom. The van der Waals surface area contributed by atoms with Crippen LogP contribution in [0.15, 0.2) is 16.8 Å². The van der Waals surface area contributed by atoms with Crippen molar-refractivity contribution in [1.82, 2.24) is 15.0 Å². The molecular formula is C14H24N4O2S. The van der Waals surface area contributed by atoms with E-state index >= 15 is 0 Å². The largest absolute Gasteiger partial charge is 0.591 e. The highest BCUT2D eigenvalue weighted by Gasteiger charge is 2.27. The highest BCUT2D eigenvalue weighted by Crippen LogP contribution is 2.18. The second-order valence-electron chi connectivity index (χ2n) is 5.73. The number of hydrogen-bond donors (Lipinski definition) is 0. The Morgan fingerprint density at radius 2 is 2.05 bits per heavy atom. The Kier molecular flexibility index (Phi) is 6.73. The Labute approximate surface area is 129 Å². The molecule has 21 heavy (non-hydrogen) atoms. The van der Waals surface area contributed by atoms with Crippen LogP contribution in [-0.4, -0.2) is 50.7 Å². The number of hydroxylamine groups is 2. The molecule has 0 fully saturated rings. The van der Waals surface area contributed by atoms with Gasteiger partial charge in [-0.3, -0.25) is 9.97 Å². The van der Waals surface area contributed by atoms with Gasteiger partial charge in [-0.25, -0.2) is 0 Å². The van der Waals surface area contributed by atoms with Crippen LogP contribution in [-0.2, 0) is 16.2 Å². The Balaban J connectivity index is 2.99. The van der Waals surface area contributed by atoms with Crippen molar-refractivity contribution >= 4 is 17.1 Å². The zero-order chi connectivity index (χ0) is 16.0. The van der Waals surface area contributed by atoms with E-state index in [9.17, 15) is 4.55 Å². The second-order valence-corrected chi connectivity index (χ2v) is 7.63. The minimum Gasteiger partial charge on any atom is -0.591 e. The van der Waals surface area contributed by atoms with Crippen LogP contribution in [0.4, 0.5) is 0 Å². The second kappa shape index (κ2) is 7.84. The van der Waals surface area contributed by atoms with Crippen LogP contribution >= 0.6 is 0 Å². The van der Waals surface area contributed by atoms with Gasteiger partial charge in [0.2, 0.25) is 0 Å². The zero-order valence-electron chi connectivity index (χ0n) is 13.6. The van der Waals surface area contributed by atoms with E-state index in [1.807, 2.05) is 34.7 Å². The van der Waals surface area contributed by atoms with Crippen LogP contribution in [0.1, 0.15) is 38.6 Å². The Hall–Kier alpha value is -1.02. The SMILES string of the molecule is CON(C)CCC(=N[S+]([O-])C(C)(C)C)c1cnc(C)cn1. The molecule has 0 radical (unpaired) electrons. The fourth-order valence-corrected chi connectivity index (χ4v) is 2.01. The molecule has 0 spiro atoms. The smallest absolute Gasteiger partial charge is 0.144 e. The van der Waals surface area contributed by atoms with Gasteiger partial charge in [0.05, 0.1) is 19.0 Å². The fraction of sp³-hybridized carbons (Fsp3) is 0.643. The quantitative estimate of drug-likeness (QED) is 0.456. The molecule has 0 amide bonds. The number of nitrogens with zero attached hydrogens (tertiary/aromatic N) is 4. The third kappa shape index (κ3) is 6.09. The molecule has 1 rings (SSSR count). The number of hydrogen-bond acceptors (Lipinski definition) is 6. The van der Waals surface area contributed by atoms with E-state index < -0.39 is 16.1 Å². The lowest BCUT2D eigenvalue weighted by atomic mass is 10.2. The highest BCUT2D eigenvalue weighted by atomic mass is 32.2. The summed E-state index contributed by atoms with van der Waals surface area (Å²) in [5.74, 6) is 0. The summed E-state index contributed by atoms with van der Waals surface area (Å²) in [4.78, 5) is 13.7. The third-order valence-electron chi connectivity index (χ3n) is 2.77. The molecule has 1 atom stereocenters. The normalized spacial score (nSPS) is 14.6. The molecule has 0 bridgehead atoms. The predicted octanol–water partition coefficient (Wildman–Crippen LogP) is 1.92. The van der Waals surface area contributed by atoms with Crippen LogP contribution < -0.4 is 0 Å². The molecule has 1 aromatic heterocycles. The first-order valence-corrected chi connectivity index (χ1v) is 7.88. The summed E-state index contributed by atoms with van der Waals surface area (Å²) in [6.45, 7) is 8.19.